The van der Waals surface area contributed by atoms with Crippen LogP contribution in [0.25, 0.3) is 0 Å². The highest BCUT2D eigenvalue weighted by Gasteiger charge is 2.39. The molecule has 1 saturated heterocycles. The lowest BCUT2D eigenvalue weighted by atomic mass is 10.0. The number of hydrogen-bond donors (Lipinski definition) is 4. The first-order valence-electron chi connectivity index (χ1n) is 7.64. The molecular formula is C16H24N2O5. The summed E-state index contributed by atoms with van der Waals surface area (Å²) in [5, 5.41) is 25.4. The second kappa shape index (κ2) is 9.94. The van der Waals surface area contributed by atoms with E-state index in [2.05, 4.69) is 5.43 Å². The summed E-state index contributed by atoms with van der Waals surface area (Å²) >= 11 is 0. The molecule has 1 aromatic carbocycles. The van der Waals surface area contributed by atoms with E-state index in [9.17, 15) is 9.59 Å². The first-order valence-corrected chi connectivity index (χ1v) is 7.64. The number of carbonyl (C=O) groups is 2. The highest BCUT2D eigenvalue weighted by molar-refractivity contribution is 6.14. The smallest absolute Gasteiger partial charge is 0.258 e. The number of aliphatic hydroxyl groups excluding tert-OH is 3. The first kappa shape index (κ1) is 19.1. The van der Waals surface area contributed by atoms with Crippen LogP contribution in [0, 0.1) is 5.92 Å². The zero-order chi connectivity index (χ0) is 17.2. The van der Waals surface area contributed by atoms with Crippen LogP contribution in [-0.4, -0.2) is 46.5 Å². The number of amides is 2. The van der Waals surface area contributed by atoms with Gasteiger partial charge in [-0.1, -0.05) is 38.0 Å². The number of para-hydroxylation sites is 1. The van der Waals surface area contributed by atoms with Crippen LogP contribution in [0.4, 0.5) is 5.69 Å². The summed E-state index contributed by atoms with van der Waals surface area (Å²) < 4.78 is 0. The van der Waals surface area contributed by atoms with Crippen LogP contribution in [0.1, 0.15) is 26.2 Å². The Bertz CT molecular complexity index is 491. The Kier molecular flexibility index (Phi) is 8.25. The zero-order valence-corrected chi connectivity index (χ0v) is 13.2. The van der Waals surface area contributed by atoms with Crippen molar-refractivity contribution in [2.24, 2.45) is 5.92 Å². The van der Waals surface area contributed by atoms with Gasteiger partial charge in [0.05, 0.1) is 18.9 Å². The van der Waals surface area contributed by atoms with E-state index in [-0.39, 0.29) is 25.0 Å². The van der Waals surface area contributed by atoms with E-state index in [1.165, 1.54) is 5.01 Å². The minimum Gasteiger partial charge on any atom is -0.394 e. The maximum absolute atomic E-state index is 12.1. The van der Waals surface area contributed by atoms with E-state index >= 15 is 0 Å². The number of anilines is 1. The molecule has 128 valence electrons. The average molecular weight is 324 g/mol. The summed E-state index contributed by atoms with van der Waals surface area (Å²) in [4.78, 5) is 23.8. The zero-order valence-electron chi connectivity index (χ0n) is 13.2. The first-order chi connectivity index (χ1) is 11.0. The van der Waals surface area contributed by atoms with Crippen LogP contribution >= 0.6 is 0 Å². The van der Waals surface area contributed by atoms with Crippen LogP contribution in [-0.2, 0) is 9.59 Å². The van der Waals surface area contributed by atoms with Gasteiger partial charge < -0.3 is 15.3 Å². The highest BCUT2D eigenvalue weighted by atomic mass is 16.3. The Morgan fingerprint density at radius 1 is 1.17 bits per heavy atom. The van der Waals surface area contributed by atoms with Crippen molar-refractivity contribution in [3.05, 3.63) is 30.3 Å². The fourth-order valence-corrected chi connectivity index (χ4v) is 2.00. The predicted molar refractivity (Wildman–Crippen MR) is 85.3 cm³/mol. The van der Waals surface area contributed by atoms with Crippen LogP contribution in [0.3, 0.4) is 0 Å². The number of rotatable bonds is 6. The summed E-state index contributed by atoms with van der Waals surface area (Å²) in [6.45, 7) is 1.32. The Balaban J connectivity index is 0.000000379. The quantitative estimate of drug-likeness (QED) is 0.559. The molecular weight excluding hydrogens is 300 g/mol. The van der Waals surface area contributed by atoms with Gasteiger partial charge in [0.2, 0.25) is 0 Å². The van der Waals surface area contributed by atoms with Gasteiger partial charge in [-0.25, -0.2) is 5.01 Å². The molecule has 1 fully saturated rings. The van der Waals surface area contributed by atoms with Crippen molar-refractivity contribution in [1.29, 1.82) is 0 Å². The van der Waals surface area contributed by atoms with Crippen molar-refractivity contribution in [2.75, 3.05) is 18.2 Å². The van der Waals surface area contributed by atoms with E-state index in [0.717, 1.165) is 12.8 Å². The predicted octanol–water partition coefficient (Wildman–Crippen LogP) is 0.203. The number of aliphatic hydroxyl groups is 3. The number of hydrazine groups is 1. The largest absolute Gasteiger partial charge is 0.394 e. The van der Waals surface area contributed by atoms with Gasteiger partial charge in [0.1, 0.15) is 12.0 Å². The van der Waals surface area contributed by atoms with Crippen LogP contribution < -0.4 is 10.4 Å². The normalized spacial score (nSPS) is 17.1. The Hall–Kier alpha value is -1.96. The summed E-state index contributed by atoms with van der Waals surface area (Å²) in [5.41, 5.74) is 3.34. The molecule has 1 aromatic rings. The SMILES string of the molecule is CCCCC1C(=O)NN(c2ccccc2)C1=O.OCC(O)CO. The van der Waals surface area contributed by atoms with Crippen molar-refractivity contribution >= 4 is 17.5 Å². The number of nitrogens with zero attached hydrogens (tertiary/aromatic N) is 1. The lowest BCUT2D eigenvalue weighted by Crippen LogP contribution is -2.35. The van der Waals surface area contributed by atoms with Crippen molar-refractivity contribution in [1.82, 2.24) is 5.43 Å². The number of benzene rings is 1. The molecule has 4 N–H and O–H groups in total. The van der Waals surface area contributed by atoms with Crippen molar-refractivity contribution < 1.29 is 24.9 Å². The van der Waals surface area contributed by atoms with E-state index in [0.29, 0.717) is 12.1 Å². The molecule has 0 aliphatic carbocycles. The number of unbranched alkanes of at least 4 members (excludes halogenated alkanes) is 1. The molecule has 1 aliphatic rings. The summed E-state index contributed by atoms with van der Waals surface area (Å²) in [5.74, 6) is -0.850. The fraction of sp³-hybridized carbons (Fsp3) is 0.500. The molecule has 2 rings (SSSR count). The molecule has 0 saturated carbocycles. The van der Waals surface area contributed by atoms with E-state index in [1.54, 1.807) is 12.1 Å². The third kappa shape index (κ3) is 5.63. The third-order valence-corrected chi connectivity index (χ3v) is 3.34. The molecule has 0 spiro atoms. The molecule has 0 radical (unpaired) electrons. The molecule has 1 heterocycles. The van der Waals surface area contributed by atoms with Gasteiger partial charge in [-0.15, -0.1) is 0 Å². The third-order valence-electron chi connectivity index (χ3n) is 3.34. The fourth-order valence-electron chi connectivity index (χ4n) is 2.00. The summed E-state index contributed by atoms with van der Waals surface area (Å²) in [6.07, 6.45) is 1.56. The van der Waals surface area contributed by atoms with Gasteiger partial charge in [0.25, 0.3) is 11.8 Å². The molecule has 1 aliphatic heterocycles. The molecule has 23 heavy (non-hydrogen) atoms. The molecule has 2 amide bonds. The van der Waals surface area contributed by atoms with Gasteiger partial charge in [0, 0.05) is 0 Å². The standard InChI is InChI=1S/C13H16N2O2.C3H8O3/c1-2-3-9-11-12(16)14-15(13(11)17)10-7-5-4-6-8-10;4-1-3(6)2-5/h4-8,11H,2-3,9H2,1H3,(H,14,16);3-6H,1-2H2. The number of carbonyl (C=O) groups excluding carboxylic acids is 2. The number of hydrogen-bond acceptors (Lipinski definition) is 5. The lowest BCUT2D eigenvalue weighted by Gasteiger charge is -2.14. The second-order valence-corrected chi connectivity index (χ2v) is 5.20. The number of nitrogens with one attached hydrogen (secondary N) is 1. The Morgan fingerprint density at radius 2 is 1.78 bits per heavy atom. The van der Waals surface area contributed by atoms with Gasteiger partial charge in [-0.2, -0.15) is 0 Å². The molecule has 7 nitrogen and oxygen atoms in total. The topological polar surface area (TPSA) is 110 Å². The highest BCUT2D eigenvalue weighted by Crippen LogP contribution is 2.22. The minimum absolute atomic E-state index is 0.144. The Labute approximate surface area is 135 Å². The van der Waals surface area contributed by atoms with Crippen LogP contribution in [0.2, 0.25) is 0 Å². The summed E-state index contributed by atoms with van der Waals surface area (Å²) in [6, 6.07) is 9.17. The molecule has 1 unspecified atom stereocenters. The van der Waals surface area contributed by atoms with Crippen molar-refractivity contribution in [3.8, 4) is 0 Å². The molecule has 0 aromatic heterocycles. The minimum atomic E-state index is -0.954. The monoisotopic (exact) mass is 324 g/mol. The average Bonchev–Trinajstić information content (AvgIpc) is 2.88. The van der Waals surface area contributed by atoms with Crippen LogP contribution in [0.15, 0.2) is 30.3 Å². The lowest BCUT2D eigenvalue weighted by molar-refractivity contribution is -0.127. The molecule has 7 heteroatoms. The van der Waals surface area contributed by atoms with Gasteiger partial charge in [-0.05, 0) is 18.6 Å². The maximum atomic E-state index is 12.1. The van der Waals surface area contributed by atoms with Crippen molar-refractivity contribution in [3.63, 3.8) is 0 Å². The van der Waals surface area contributed by atoms with Gasteiger partial charge in [-0.3, -0.25) is 15.0 Å². The summed E-state index contributed by atoms with van der Waals surface area (Å²) in [7, 11) is 0. The van der Waals surface area contributed by atoms with Crippen molar-refractivity contribution in [2.45, 2.75) is 32.3 Å². The Morgan fingerprint density at radius 3 is 2.26 bits per heavy atom. The van der Waals surface area contributed by atoms with Gasteiger partial charge in [0.15, 0.2) is 0 Å². The van der Waals surface area contributed by atoms with E-state index < -0.39 is 12.0 Å². The van der Waals surface area contributed by atoms with E-state index in [1.807, 2.05) is 25.1 Å². The van der Waals surface area contributed by atoms with Gasteiger partial charge >= 0.3 is 0 Å². The van der Waals surface area contributed by atoms with E-state index in [4.69, 9.17) is 15.3 Å². The molecule has 0 bridgehead atoms. The molecule has 1 atom stereocenters. The van der Waals surface area contributed by atoms with Crippen LogP contribution in [0.5, 0.6) is 0 Å². The second-order valence-electron chi connectivity index (χ2n) is 5.20. The maximum Gasteiger partial charge on any atom is 0.258 e.